The number of fused-ring (bicyclic) bond motifs is 1. The van der Waals surface area contributed by atoms with Crippen LogP contribution in [-0.2, 0) is 10.3 Å². The van der Waals surface area contributed by atoms with Crippen LogP contribution >= 0.6 is 11.8 Å². The second-order valence-electron chi connectivity index (χ2n) is 5.38. The van der Waals surface area contributed by atoms with Crippen LogP contribution in [0, 0.1) is 6.92 Å². The van der Waals surface area contributed by atoms with Crippen LogP contribution in [0.15, 0.2) is 27.6 Å². The molecule has 110 valence electrons. The Morgan fingerprint density at radius 1 is 1.48 bits per heavy atom. The van der Waals surface area contributed by atoms with Gasteiger partial charge in [-0.1, -0.05) is 11.8 Å². The van der Waals surface area contributed by atoms with Crippen LogP contribution in [0.4, 0.5) is 5.69 Å². The number of furan rings is 1. The third-order valence-electron chi connectivity index (χ3n) is 3.74. The summed E-state index contributed by atoms with van der Waals surface area (Å²) < 4.78 is 5.85. The number of aryl methyl sites for hydroxylation is 1. The van der Waals surface area contributed by atoms with Crippen molar-refractivity contribution >= 4 is 40.0 Å². The molecule has 1 atom stereocenters. The van der Waals surface area contributed by atoms with Gasteiger partial charge in [0.1, 0.15) is 11.3 Å². The molecule has 1 unspecified atom stereocenters. The summed E-state index contributed by atoms with van der Waals surface area (Å²) in [4.78, 5) is 15.4. The van der Waals surface area contributed by atoms with E-state index in [0.717, 1.165) is 40.2 Å². The van der Waals surface area contributed by atoms with Gasteiger partial charge in [0.2, 0.25) is 6.41 Å². The van der Waals surface area contributed by atoms with E-state index in [1.807, 2.05) is 25.1 Å². The monoisotopic (exact) mass is 303 g/mol. The van der Waals surface area contributed by atoms with Gasteiger partial charge < -0.3 is 15.5 Å². The summed E-state index contributed by atoms with van der Waals surface area (Å²) in [5.41, 5.74) is 7.98. The molecule has 1 aliphatic heterocycles. The largest absolute Gasteiger partial charge is 0.461 e. The summed E-state index contributed by atoms with van der Waals surface area (Å²) in [6, 6.07) is 5.78. The number of thioether (sulfide) groups is 1. The van der Waals surface area contributed by atoms with Crippen molar-refractivity contribution in [2.24, 2.45) is 10.7 Å². The predicted molar refractivity (Wildman–Crippen MR) is 86.7 cm³/mol. The average Bonchev–Trinajstić information content (AvgIpc) is 2.78. The molecule has 21 heavy (non-hydrogen) atoms. The molecule has 1 aromatic carbocycles. The number of nitrogens with two attached hydrogens (primary N) is 1. The first-order valence-corrected chi connectivity index (χ1v) is 7.73. The maximum atomic E-state index is 10.7. The SMILES string of the molecule is Cc1cc2cc(NC=O)cc(C3(C)CCSC(N)=N3)c2o1. The van der Waals surface area contributed by atoms with E-state index in [1.165, 1.54) is 0 Å². The molecule has 2 heterocycles. The number of nitrogens with zero attached hydrogens (tertiary/aromatic N) is 1. The molecule has 6 heteroatoms. The number of aliphatic imine (C=N–C) groups is 1. The Labute approximate surface area is 127 Å². The van der Waals surface area contributed by atoms with Crippen molar-refractivity contribution in [2.75, 3.05) is 11.1 Å². The van der Waals surface area contributed by atoms with Gasteiger partial charge in [0.25, 0.3) is 0 Å². The van der Waals surface area contributed by atoms with Gasteiger partial charge in [0.15, 0.2) is 5.17 Å². The highest BCUT2D eigenvalue weighted by molar-refractivity contribution is 8.13. The lowest BCUT2D eigenvalue weighted by molar-refractivity contribution is -0.105. The molecule has 0 bridgehead atoms. The number of hydrogen-bond donors (Lipinski definition) is 2. The lowest BCUT2D eigenvalue weighted by Gasteiger charge is -2.30. The van der Waals surface area contributed by atoms with E-state index in [1.54, 1.807) is 11.8 Å². The van der Waals surface area contributed by atoms with Crippen LogP contribution in [0.2, 0.25) is 0 Å². The quantitative estimate of drug-likeness (QED) is 0.854. The lowest BCUT2D eigenvalue weighted by Crippen LogP contribution is -2.29. The Morgan fingerprint density at radius 3 is 3.00 bits per heavy atom. The van der Waals surface area contributed by atoms with Crippen LogP contribution in [0.25, 0.3) is 11.0 Å². The summed E-state index contributed by atoms with van der Waals surface area (Å²) in [5.74, 6) is 1.75. The van der Waals surface area contributed by atoms with Gasteiger partial charge in [0, 0.05) is 22.4 Å². The second-order valence-corrected chi connectivity index (χ2v) is 6.50. The molecule has 0 fully saturated rings. The number of rotatable bonds is 3. The number of carbonyl (C=O) groups is 1. The number of benzene rings is 1. The van der Waals surface area contributed by atoms with Gasteiger partial charge in [-0.05, 0) is 38.5 Å². The Kier molecular flexibility index (Phi) is 3.41. The normalized spacial score (nSPS) is 22.1. The molecule has 0 saturated heterocycles. The highest BCUT2D eigenvalue weighted by atomic mass is 32.2. The van der Waals surface area contributed by atoms with E-state index in [-0.39, 0.29) is 0 Å². The van der Waals surface area contributed by atoms with Crippen LogP contribution in [0.3, 0.4) is 0 Å². The van der Waals surface area contributed by atoms with Gasteiger partial charge in [0.05, 0.1) is 5.54 Å². The fourth-order valence-corrected chi connectivity index (χ4v) is 3.69. The number of carbonyl (C=O) groups excluding carboxylic acids is 1. The predicted octanol–water partition coefficient (Wildman–Crippen LogP) is 2.98. The van der Waals surface area contributed by atoms with Crippen molar-refractivity contribution in [3.05, 3.63) is 29.5 Å². The molecular formula is C15H17N3O2S. The maximum Gasteiger partial charge on any atom is 0.211 e. The minimum absolute atomic E-state index is 0.432. The van der Waals surface area contributed by atoms with E-state index >= 15 is 0 Å². The standard InChI is InChI=1S/C15H17N3O2S/c1-9-5-10-6-11(17-8-19)7-12(13(10)20-9)15(2)3-4-21-14(16)18-15/h5-8H,3-4H2,1-2H3,(H2,16,18)(H,17,19). The molecule has 3 N–H and O–H groups in total. The summed E-state index contributed by atoms with van der Waals surface area (Å²) in [6.45, 7) is 3.96. The van der Waals surface area contributed by atoms with Crippen LogP contribution in [0.5, 0.6) is 0 Å². The molecule has 1 aliphatic rings. The molecule has 3 rings (SSSR count). The lowest BCUT2D eigenvalue weighted by atomic mass is 9.88. The van der Waals surface area contributed by atoms with Crippen LogP contribution < -0.4 is 11.1 Å². The molecule has 2 aromatic rings. The highest BCUT2D eigenvalue weighted by Crippen LogP contribution is 2.40. The Bertz CT molecular complexity index is 738. The van der Waals surface area contributed by atoms with Gasteiger partial charge in [-0.15, -0.1) is 0 Å². The van der Waals surface area contributed by atoms with Gasteiger partial charge in [-0.25, -0.2) is 0 Å². The second kappa shape index (κ2) is 5.11. The Hall–Kier alpha value is -1.95. The van der Waals surface area contributed by atoms with Crippen LogP contribution in [-0.4, -0.2) is 17.3 Å². The molecular weight excluding hydrogens is 286 g/mol. The van der Waals surface area contributed by atoms with Crippen molar-refractivity contribution in [1.82, 2.24) is 0 Å². The molecule has 1 amide bonds. The molecule has 5 nitrogen and oxygen atoms in total. The van der Waals surface area contributed by atoms with Crippen molar-refractivity contribution in [3.8, 4) is 0 Å². The van der Waals surface area contributed by atoms with Crippen molar-refractivity contribution in [2.45, 2.75) is 25.8 Å². The zero-order valence-corrected chi connectivity index (χ0v) is 12.8. The topological polar surface area (TPSA) is 80.6 Å². The molecule has 0 aliphatic carbocycles. The third kappa shape index (κ3) is 2.51. The van der Waals surface area contributed by atoms with Crippen molar-refractivity contribution < 1.29 is 9.21 Å². The highest BCUT2D eigenvalue weighted by Gasteiger charge is 2.32. The number of amides is 1. The zero-order chi connectivity index (χ0) is 15.0. The molecule has 0 saturated carbocycles. The van der Waals surface area contributed by atoms with Gasteiger partial charge in [-0.2, -0.15) is 0 Å². The third-order valence-corrected chi connectivity index (χ3v) is 4.54. The van der Waals surface area contributed by atoms with E-state index in [2.05, 4.69) is 17.2 Å². The molecule has 0 radical (unpaired) electrons. The molecule has 0 spiro atoms. The van der Waals surface area contributed by atoms with E-state index in [0.29, 0.717) is 11.6 Å². The number of hydrogen-bond acceptors (Lipinski definition) is 5. The Morgan fingerprint density at radius 2 is 2.29 bits per heavy atom. The smallest absolute Gasteiger partial charge is 0.211 e. The molecule has 1 aromatic heterocycles. The summed E-state index contributed by atoms with van der Waals surface area (Å²) >= 11 is 1.57. The van der Waals surface area contributed by atoms with E-state index in [9.17, 15) is 4.79 Å². The summed E-state index contributed by atoms with van der Waals surface area (Å²) in [7, 11) is 0. The fraction of sp³-hybridized carbons (Fsp3) is 0.333. The van der Waals surface area contributed by atoms with E-state index < -0.39 is 5.54 Å². The first-order chi connectivity index (χ1) is 10.0. The number of nitrogens with one attached hydrogen (secondary N) is 1. The first-order valence-electron chi connectivity index (χ1n) is 6.75. The van der Waals surface area contributed by atoms with Crippen molar-refractivity contribution in [3.63, 3.8) is 0 Å². The Balaban J connectivity index is 2.24. The minimum atomic E-state index is -0.432. The first kappa shape index (κ1) is 14.0. The number of amidine groups is 1. The van der Waals surface area contributed by atoms with Gasteiger partial charge in [-0.3, -0.25) is 9.79 Å². The average molecular weight is 303 g/mol. The van der Waals surface area contributed by atoms with E-state index in [4.69, 9.17) is 10.2 Å². The van der Waals surface area contributed by atoms with Crippen LogP contribution in [0.1, 0.15) is 24.7 Å². The maximum absolute atomic E-state index is 10.7. The zero-order valence-electron chi connectivity index (χ0n) is 12.0. The summed E-state index contributed by atoms with van der Waals surface area (Å²) in [6.07, 6.45) is 1.55. The van der Waals surface area contributed by atoms with Crippen molar-refractivity contribution in [1.29, 1.82) is 0 Å². The fourth-order valence-electron chi connectivity index (χ4n) is 2.71. The number of anilines is 1. The van der Waals surface area contributed by atoms with Gasteiger partial charge >= 0.3 is 0 Å². The minimum Gasteiger partial charge on any atom is -0.461 e. The summed E-state index contributed by atoms with van der Waals surface area (Å²) in [5, 5.41) is 4.26.